The second-order valence-corrected chi connectivity index (χ2v) is 3.54. The van der Waals surface area contributed by atoms with Crippen molar-refractivity contribution in [2.45, 2.75) is 18.9 Å². The van der Waals surface area contributed by atoms with Gasteiger partial charge in [0.05, 0.1) is 11.8 Å². The van der Waals surface area contributed by atoms with Crippen molar-refractivity contribution >= 4 is 0 Å². The molecule has 0 amide bonds. The molecule has 0 bridgehead atoms. The number of aromatic nitrogens is 6. The van der Waals surface area contributed by atoms with E-state index in [1.807, 2.05) is 0 Å². The highest BCUT2D eigenvalue weighted by molar-refractivity contribution is 5.56. The van der Waals surface area contributed by atoms with Crippen molar-refractivity contribution < 1.29 is 4.74 Å². The number of H-pyrrole nitrogens is 2. The van der Waals surface area contributed by atoms with Gasteiger partial charge in [-0.1, -0.05) is 0 Å². The fourth-order valence-electron chi connectivity index (χ4n) is 1.93. The topological polar surface area (TPSA) is 92.4 Å². The highest BCUT2D eigenvalue weighted by atomic mass is 16.5. The van der Waals surface area contributed by atoms with E-state index in [1.165, 1.54) is 0 Å². The standard InChI is InChI=1S/C8H10N6O/c1-15-4-2-5-6(3-4)9-10-7(5)8-11-13-14-12-8/h4H,2-3H2,1H3,(H,9,10)(H,11,12,13,14). The number of ether oxygens (including phenoxy) is 1. The van der Waals surface area contributed by atoms with Gasteiger partial charge in [0.25, 0.3) is 0 Å². The van der Waals surface area contributed by atoms with Gasteiger partial charge in [-0.15, -0.1) is 5.10 Å². The zero-order chi connectivity index (χ0) is 10.3. The van der Waals surface area contributed by atoms with E-state index in [2.05, 4.69) is 30.8 Å². The average molecular weight is 206 g/mol. The lowest BCUT2D eigenvalue weighted by atomic mass is 10.2. The van der Waals surface area contributed by atoms with E-state index >= 15 is 0 Å². The third-order valence-corrected chi connectivity index (χ3v) is 2.72. The molecule has 0 saturated carbocycles. The second-order valence-electron chi connectivity index (χ2n) is 3.54. The van der Waals surface area contributed by atoms with Crippen LogP contribution in [0.15, 0.2) is 0 Å². The summed E-state index contributed by atoms with van der Waals surface area (Å²) in [5.74, 6) is 0.625. The van der Waals surface area contributed by atoms with Gasteiger partial charge in [0.2, 0.25) is 0 Å². The molecule has 15 heavy (non-hydrogen) atoms. The van der Waals surface area contributed by atoms with Gasteiger partial charge < -0.3 is 4.74 Å². The van der Waals surface area contributed by atoms with Crippen LogP contribution in [0.4, 0.5) is 0 Å². The first-order valence-corrected chi connectivity index (χ1v) is 4.71. The molecule has 3 rings (SSSR count). The molecule has 78 valence electrons. The molecular formula is C8H10N6O. The zero-order valence-corrected chi connectivity index (χ0v) is 8.19. The van der Waals surface area contributed by atoms with Gasteiger partial charge in [-0.3, -0.25) is 5.10 Å². The van der Waals surface area contributed by atoms with Crippen molar-refractivity contribution in [3.63, 3.8) is 0 Å². The summed E-state index contributed by atoms with van der Waals surface area (Å²) in [5, 5.41) is 20.8. The van der Waals surface area contributed by atoms with Crippen molar-refractivity contribution in [2.75, 3.05) is 7.11 Å². The minimum Gasteiger partial charge on any atom is -0.381 e. The van der Waals surface area contributed by atoms with E-state index in [4.69, 9.17) is 4.74 Å². The summed E-state index contributed by atoms with van der Waals surface area (Å²) in [5.41, 5.74) is 3.07. The first-order valence-electron chi connectivity index (χ1n) is 4.71. The van der Waals surface area contributed by atoms with Crippen molar-refractivity contribution in [2.24, 2.45) is 0 Å². The van der Waals surface area contributed by atoms with Crippen LogP contribution in [0.1, 0.15) is 11.3 Å². The maximum absolute atomic E-state index is 5.31. The summed E-state index contributed by atoms with van der Waals surface area (Å²) in [6.07, 6.45) is 1.94. The van der Waals surface area contributed by atoms with Crippen molar-refractivity contribution in [3.8, 4) is 11.5 Å². The van der Waals surface area contributed by atoms with Gasteiger partial charge in [-0.05, 0) is 10.4 Å². The Morgan fingerprint density at radius 1 is 1.33 bits per heavy atom. The summed E-state index contributed by atoms with van der Waals surface area (Å²) >= 11 is 0. The monoisotopic (exact) mass is 206 g/mol. The normalized spacial score (nSPS) is 19.4. The van der Waals surface area contributed by atoms with Crippen molar-refractivity contribution in [1.82, 2.24) is 30.8 Å². The van der Waals surface area contributed by atoms with Gasteiger partial charge in [-0.2, -0.15) is 5.10 Å². The smallest absolute Gasteiger partial charge is 0.197 e. The van der Waals surface area contributed by atoms with Crippen LogP contribution in [0, 0.1) is 0 Å². The number of methoxy groups -OCH3 is 1. The molecule has 1 aliphatic rings. The van der Waals surface area contributed by atoms with E-state index in [9.17, 15) is 0 Å². The fourth-order valence-corrected chi connectivity index (χ4v) is 1.93. The van der Waals surface area contributed by atoms with Crippen LogP contribution in [0.2, 0.25) is 0 Å². The lowest BCUT2D eigenvalue weighted by Crippen LogP contribution is -2.10. The summed E-state index contributed by atoms with van der Waals surface area (Å²) in [4.78, 5) is 0. The predicted molar refractivity (Wildman–Crippen MR) is 50.0 cm³/mol. The number of nitrogens with one attached hydrogen (secondary N) is 2. The minimum atomic E-state index is 0.228. The van der Waals surface area contributed by atoms with Gasteiger partial charge in [-0.25, -0.2) is 5.10 Å². The number of rotatable bonds is 2. The summed E-state index contributed by atoms with van der Waals surface area (Å²) in [7, 11) is 1.72. The fraction of sp³-hybridized carbons (Fsp3) is 0.500. The molecule has 0 fully saturated rings. The molecule has 2 N–H and O–H groups in total. The highest BCUT2D eigenvalue weighted by Gasteiger charge is 2.28. The van der Waals surface area contributed by atoms with Crippen LogP contribution in [0.5, 0.6) is 0 Å². The molecule has 7 heteroatoms. The van der Waals surface area contributed by atoms with Crippen LogP contribution >= 0.6 is 0 Å². The second kappa shape index (κ2) is 3.13. The van der Waals surface area contributed by atoms with Crippen LogP contribution in [0.25, 0.3) is 11.5 Å². The molecule has 2 aromatic rings. The largest absolute Gasteiger partial charge is 0.381 e. The van der Waals surface area contributed by atoms with Crippen molar-refractivity contribution in [1.29, 1.82) is 0 Å². The SMILES string of the molecule is COC1Cc2n[nH]c(-c3nnn[nH]3)c2C1. The quantitative estimate of drug-likeness (QED) is 0.704. The number of hydrogen-bond acceptors (Lipinski definition) is 5. The number of tetrazole rings is 1. The zero-order valence-electron chi connectivity index (χ0n) is 8.19. The maximum atomic E-state index is 5.31. The first-order chi connectivity index (χ1) is 7.38. The van der Waals surface area contributed by atoms with Gasteiger partial charge in [0.1, 0.15) is 5.69 Å². The molecule has 1 aliphatic carbocycles. The molecule has 2 heterocycles. The highest BCUT2D eigenvalue weighted by Crippen LogP contribution is 2.29. The molecule has 0 saturated heterocycles. The number of fused-ring (bicyclic) bond motifs is 1. The molecule has 0 aliphatic heterocycles. The van der Waals surface area contributed by atoms with E-state index < -0.39 is 0 Å². The minimum absolute atomic E-state index is 0.228. The Hall–Kier alpha value is -1.76. The molecule has 0 spiro atoms. The molecule has 1 atom stereocenters. The van der Waals surface area contributed by atoms with Crippen LogP contribution < -0.4 is 0 Å². The maximum Gasteiger partial charge on any atom is 0.197 e. The number of aromatic amines is 2. The summed E-state index contributed by atoms with van der Waals surface area (Å²) < 4.78 is 5.31. The van der Waals surface area contributed by atoms with E-state index in [0.29, 0.717) is 5.82 Å². The van der Waals surface area contributed by atoms with Crippen LogP contribution in [-0.4, -0.2) is 44.0 Å². The van der Waals surface area contributed by atoms with Crippen molar-refractivity contribution in [3.05, 3.63) is 11.3 Å². The third kappa shape index (κ3) is 1.23. The molecule has 7 nitrogen and oxygen atoms in total. The van der Waals surface area contributed by atoms with Gasteiger partial charge in [0, 0.05) is 25.5 Å². The van der Waals surface area contributed by atoms with E-state index in [-0.39, 0.29) is 6.10 Å². The lowest BCUT2D eigenvalue weighted by Gasteiger charge is -2.04. The lowest BCUT2D eigenvalue weighted by molar-refractivity contribution is 0.111. The Balaban J connectivity index is 2.00. The Kier molecular flexibility index (Phi) is 1.78. The summed E-state index contributed by atoms with van der Waals surface area (Å²) in [6, 6.07) is 0. The molecule has 2 aromatic heterocycles. The predicted octanol–water partition coefficient (Wildman–Crippen LogP) is -0.297. The Morgan fingerprint density at radius 3 is 3.00 bits per heavy atom. The molecule has 0 aromatic carbocycles. The van der Waals surface area contributed by atoms with E-state index in [0.717, 1.165) is 29.8 Å². The van der Waals surface area contributed by atoms with Gasteiger partial charge >= 0.3 is 0 Å². The Labute approximate surface area is 85.2 Å². The number of nitrogens with zero attached hydrogens (tertiary/aromatic N) is 4. The molecule has 1 unspecified atom stereocenters. The molecular weight excluding hydrogens is 196 g/mol. The van der Waals surface area contributed by atoms with E-state index in [1.54, 1.807) is 7.11 Å². The summed E-state index contributed by atoms with van der Waals surface area (Å²) in [6.45, 7) is 0. The average Bonchev–Trinajstić information content (AvgIpc) is 2.92. The number of hydrogen-bond donors (Lipinski definition) is 2. The Morgan fingerprint density at radius 2 is 2.27 bits per heavy atom. The van der Waals surface area contributed by atoms with Crippen LogP contribution in [-0.2, 0) is 17.6 Å². The van der Waals surface area contributed by atoms with Crippen LogP contribution in [0.3, 0.4) is 0 Å². The Bertz CT molecular complexity index is 461. The first kappa shape index (κ1) is 8.54. The van der Waals surface area contributed by atoms with Gasteiger partial charge in [0.15, 0.2) is 5.82 Å². The molecule has 0 radical (unpaired) electrons. The third-order valence-electron chi connectivity index (χ3n) is 2.72.